The number of hydrogen-bond acceptors (Lipinski definition) is 7. The number of quaternary nitrogens is 1. The number of nitrogens with zero attached hydrogens (tertiary/aromatic N) is 1. The number of carbonyl (C=O) groups is 2. The summed E-state index contributed by atoms with van der Waals surface area (Å²) in [5.74, 6) is -0.608. The van der Waals surface area contributed by atoms with Crippen molar-refractivity contribution in [1.29, 1.82) is 0 Å². The largest absolute Gasteiger partial charge is 0.756 e. The number of phosphoric ester groups is 1. The summed E-state index contributed by atoms with van der Waals surface area (Å²) in [5.41, 5.74) is 0. The van der Waals surface area contributed by atoms with Gasteiger partial charge in [0, 0.05) is 12.8 Å². The van der Waals surface area contributed by atoms with E-state index in [0.717, 1.165) is 122 Å². The lowest BCUT2D eigenvalue weighted by molar-refractivity contribution is -0.870. The average Bonchev–Trinajstić information content (AvgIpc) is 3.39. The molecule has 0 saturated heterocycles. The molecule has 3 atom stereocenters. The third-order valence-electron chi connectivity index (χ3n) is 12.9. The number of ether oxygens (including phenoxy) is 1. The Bertz CT molecular complexity index is 1730. The minimum absolute atomic E-state index is 0.0386. The maximum absolute atomic E-state index is 13.5. The molecular formula is C67H115N2O7P. The molecule has 0 aliphatic heterocycles. The number of phosphoric acid groups is 1. The predicted octanol–water partition coefficient (Wildman–Crippen LogP) is 18.5. The van der Waals surface area contributed by atoms with Gasteiger partial charge in [-0.05, 0) is 122 Å². The lowest BCUT2D eigenvalue weighted by atomic mass is 10.1. The van der Waals surface area contributed by atoms with Crippen LogP contribution < -0.4 is 10.2 Å². The van der Waals surface area contributed by atoms with E-state index in [-0.39, 0.29) is 31.3 Å². The van der Waals surface area contributed by atoms with Crippen molar-refractivity contribution in [3.8, 4) is 0 Å². The SMILES string of the molecule is CC/C=C\C/C=C\C/C=C\C/C=C\C/C=C\CCCCCCCC(=O)NC(COP(=O)([O-])OCC[N+](C)(C)C)C(/C=C/CCCCCCCCCCC)OC(=O)CCCCC/C=C\C/C=C\C/C=C\C/C=C\CCCCC. The minimum atomic E-state index is -4.72. The third kappa shape index (κ3) is 56.9. The molecule has 0 heterocycles. The molecule has 0 aromatic heterocycles. The van der Waals surface area contributed by atoms with Gasteiger partial charge in [-0.15, -0.1) is 0 Å². The molecule has 0 aliphatic carbocycles. The molecule has 0 saturated carbocycles. The van der Waals surface area contributed by atoms with Crippen LogP contribution >= 0.6 is 7.82 Å². The molecule has 10 heteroatoms. The highest BCUT2D eigenvalue weighted by molar-refractivity contribution is 7.45. The molecule has 3 unspecified atom stereocenters. The van der Waals surface area contributed by atoms with E-state index in [9.17, 15) is 19.0 Å². The molecule has 0 aromatic rings. The summed E-state index contributed by atoms with van der Waals surface area (Å²) in [6.07, 6.45) is 77.3. The second-order valence-corrected chi connectivity index (χ2v) is 22.9. The van der Waals surface area contributed by atoms with Crippen LogP contribution in [0.2, 0.25) is 0 Å². The number of likely N-dealkylation sites (N-methyl/N-ethyl adjacent to an activating group) is 1. The smallest absolute Gasteiger partial charge is 0.306 e. The fourth-order valence-electron chi connectivity index (χ4n) is 8.12. The zero-order chi connectivity index (χ0) is 56.4. The van der Waals surface area contributed by atoms with E-state index in [1.165, 1.54) is 70.6 Å². The van der Waals surface area contributed by atoms with Gasteiger partial charge in [-0.1, -0.05) is 226 Å². The average molecular weight is 1090 g/mol. The highest BCUT2D eigenvalue weighted by Crippen LogP contribution is 2.38. The zero-order valence-electron chi connectivity index (χ0n) is 50.1. The first-order valence-electron chi connectivity index (χ1n) is 30.8. The van der Waals surface area contributed by atoms with Crippen LogP contribution in [-0.2, 0) is 27.9 Å². The van der Waals surface area contributed by atoms with Crippen molar-refractivity contribution in [2.24, 2.45) is 0 Å². The van der Waals surface area contributed by atoms with Crippen LogP contribution in [0.5, 0.6) is 0 Å². The van der Waals surface area contributed by atoms with Crippen LogP contribution in [0.4, 0.5) is 0 Å². The summed E-state index contributed by atoms with van der Waals surface area (Å²) in [7, 11) is 1.13. The van der Waals surface area contributed by atoms with Crippen molar-refractivity contribution in [2.75, 3.05) is 40.9 Å². The molecule has 0 fully saturated rings. The van der Waals surface area contributed by atoms with Gasteiger partial charge in [0.05, 0.1) is 33.8 Å². The summed E-state index contributed by atoms with van der Waals surface area (Å²) < 4.78 is 30.2. The standard InChI is InChI=1S/C67H115N2O7P/c1-7-10-13-16-19-22-25-27-29-31-33-34-36-37-39-41-44-47-50-53-56-59-66(70)68-64(63-75-77(72,73)74-62-61-69(4,5)6)65(58-55-52-49-46-43-24-21-18-15-12-9-3)76-67(71)60-57-54-51-48-45-42-40-38-35-32-30-28-26-23-20-17-14-11-8-2/h10,13,19-20,22-23,27-30,33-35,37-39,42,45,55,58,64-65H,7-9,11-12,14-18,21,24-26,31-32,36,40-41,43-44,46-54,56-57,59-63H2,1-6H3,(H-,68,70,72,73)/b13-10-,22-19-,23-20-,29-27-,30-28-,34-33-,38-35-,39-37-,45-42-,58-55+. The van der Waals surface area contributed by atoms with Gasteiger partial charge in [-0.3, -0.25) is 14.2 Å². The molecule has 1 amide bonds. The predicted molar refractivity (Wildman–Crippen MR) is 330 cm³/mol. The Balaban J connectivity index is 5.34. The Morgan fingerprint density at radius 1 is 0.468 bits per heavy atom. The van der Waals surface area contributed by atoms with E-state index < -0.39 is 26.6 Å². The van der Waals surface area contributed by atoms with E-state index in [4.69, 9.17) is 13.8 Å². The Hall–Kier alpha value is -3.59. The number of unbranched alkanes of at least 4 members (excludes halogenated alkanes) is 20. The fraction of sp³-hybridized carbons (Fsp3) is 0.672. The molecule has 0 bridgehead atoms. The van der Waals surface area contributed by atoms with E-state index in [1.54, 1.807) is 0 Å². The number of nitrogens with one attached hydrogen (secondary N) is 1. The topological polar surface area (TPSA) is 114 Å². The van der Waals surface area contributed by atoms with Crippen molar-refractivity contribution >= 4 is 19.7 Å². The lowest BCUT2D eigenvalue weighted by Gasteiger charge is -2.30. The molecule has 1 N–H and O–H groups in total. The summed E-state index contributed by atoms with van der Waals surface area (Å²) in [4.78, 5) is 40.0. The van der Waals surface area contributed by atoms with Crippen LogP contribution in [0.3, 0.4) is 0 Å². The van der Waals surface area contributed by atoms with Gasteiger partial charge in [0.2, 0.25) is 5.91 Å². The summed E-state index contributed by atoms with van der Waals surface area (Å²) in [6, 6.07) is -0.920. The third-order valence-corrected chi connectivity index (χ3v) is 13.8. The number of hydrogen-bond donors (Lipinski definition) is 1. The first kappa shape index (κ1) is 73.4. The molecule has 9 nitrogen and oxygen atoms in total. The molecule has 0 rings (SSSR count). The monoisotopic (exact) mass is 1090 g/mol. The first-order valence-corrected chi connectivity index (χ1v) is 32.3. The van der Waals surface area contributed by atoms with Gasteiger partial charge in [0.1, 0.15) is 19.3 Å². The lowest BCUT2D eigenvalue weighted by Crippen LogP contribution is -2.47. The molecule has 77 heavy (non-hydrogen) atoms. The Labute approximate surface area is 473 Å². The van der Waals surface area contributed by atoms with Crippen molar-refractivity contribution in [1.82, 2.24) is 5.32 Å². The fourth-order valence-corrected chi connectivity index (χ4v) is 8.84. The summed E-state index contributed by atoms with van der Waals surface area (Å²) in [5, 5.41) is 3.00. The van der Waals surface area contributed by atoms with Crippen LogP contribution in [-0.4, -0.2) is 69.4 Å². The summed E-state index contributed by atoms with van der Waals surface area (Å²) in [6.45, 7) is 6.64. The quantitative estimate of drug-likeness (QED) is 0.0212. The van der Waals surface area contributed by atoms with Crippen molar-refractivity contribution in [3.05, 3.63) is 122 Å². The highest BCUT2D eigenvalue weighted by Gasteiger charge is 2.27. The first-order chi connectivity index (χ1) is 37.4. The number of rotatable bonds is 54. The zero-order valence-corrected chi connectivity index (χ0v) is 51.0. The maximum Gasteiger partial charge on any atom is 0.306 e. The molecule has 0 radical (unpaired) electrons. The number of amides is 1. The minimum Gasteiger partial charge on any atom is -0.756 e. The molecule has 0 aliphatic rings. The van der Waals surface area contributed by atoms with Gasteiger partial charge >= 0.3 is 5.97 Å². The Kier molecular flexibility index (Phi) is 53.1. The van der Waals surface area contributed by atoms with Crippen LogP contribution in [0.1, 0.15) is 239 Å². The Morgan fingerprint density at radius 3 is 1.29 bits per heavy atom. The summed E-state index contributed by atoms with van der Waals surface area (Å²) >= 11 is 0. The highest BCUT2D eigenvalue weighted by atomic mass is 31.2. The second-order valence-electron chi connectivity index (χ2n) is 21.5. The van der Waals surface area contributed by atoms with Crippen LogP contribution in [0.25, 0.3) is 0 Å². The van der Waals surface area contributed by atoms with E-state index >= 15 is 0 Å². The number of allylic oxidation sites excluding steroid dienone is 19. The molecule has 0 aromatic carbocycles. The van der Waals surface area contributed by atoms with E-state index in [1.807, 2.05) is 33.3 Å². The van der Waals surface area contributed by atoms with E-state index in [2.05, 4.69) is 135 Å². The number of esters is 1. The van der Waals surface area contributed by atoms with Gasteiger partial charge < -0.3 is 28.5 Å². The second kappa shape index (κ2) is 55.7. The van der Waals surface area contributed by atoms with Gasteiger partial charge in [0.15, 0.2) is 0 Å². The van der Waals surface area contributed by atoms with E-state index in [0.29, 0.717) is 23.9 Å². The van der Waals surface area contributed by atoms with Gasteiger partial charge in [-0.2, -0.15) is 0 Å². The Morgan fingerprint density at radius 2 is 0.831 bits per heavy atom. The molecule has 0 spiro atoms. The molecule has 440 valence electrons. The van der Waals surface area contributed by atoms with Crippen molar-refractivity contribution in [3.63, 3.8) is 0 Å². The molecular weight excluding hydrogens is 976 g/mol. The maximum atomic E-state index is 13.5. The number of carbonyl (C=O) groups excluding carboxylic acids is 2. The van der Waals surface area contributed by atoms with Gasteiger partial charge in [0.25, 0.3) is 7.82 Å². The van der Waals surface area contributed by atoms with Crippen LogP contribution in [0, 0.1) is 0 Å². The van der Waals surface area contributed by atoms with Gasteiger partial charge in [-0.25, -0.2) is 0 Å². The van der Waals surface area contributed by atoms with Crippen molar-refractivity contribution < 1.29 is 37.3 Å². The van der Waals surface area contributed by atoms with Crippen molar-refractivity contribution in [2.45, 2.75) is 251 Å². The van der Waals surface area contributed by atoms with Crippen LogP contribution in [0.15, 0.2) is 122 Å². The normalized spacial score (nSPS) is 14.5.